The molecular formula is C65H92N2. The first kappa shape index (κ1) is 61.2. The summed E-state index contributed by atoms with van der Waals surface area (Å²) in [6.07, 6.45) is 46.4. The molecule has 0 aromatic heterocycles. The van der Waals surface area contributed by atoms with E-state index in [-0.39, 0.29) is 10.8 Å². The third-order valence-electron chi connectivity index (χ3n) is 11.5. The van der Waals surface area contributed by atoms with Crippen LogP contribution in [-0.4, -0.2) is 25.5 Å². The summed E-state index contributed by atoms with van der Waals surface area (Å²) in [6.45, 7) is 39.7. The minimum atomic E-state index is 0.0550. The number of hydrogen-bond acceptors (Lipinski definition) is 2. The average molecular weight is 901 g/mol. The summed E-state index contributed by atoms with van der Waals surface area (Å²) in [5.41, 5.74) is 18.5. The first-order valence-corrected chi connectivity index (χ1v) is 24.9. The van der Waals surface area contributed by atoms with E-state index in [9.17, 15) is 0 Å². The molecular weight excluding hydrogens is 809 g/mol. The molecule has 0 bridgehead atoms. The predicted molar refractivity (Wildman–Crippen MR) is 307 cm³/mol. The van der Waals surface area contributed by atoms with Crippen LogP contribution in [0.3, 0.4) is 0 Å². The van der Waals surface area contributed by atoms with Crippen molar-refractivity contribution in [3.8, 4) is 11.1 Å². The van der Waals surface area contributed by atoms with Crippen LogP contribution in [0.2, 0.25) is 0 Å². The number of fused-ring (bicyclic) bond motifs is 4. The average Bonchev–Trinajstić information content (AvgIpc) is 3.53. The molecule has 0 spiro atoms. The van der Waals surface area contributed by atoms with Crippen molar-refractivity contribution in [2.45, 2.75) is 135 Å². The van der Waals surface area contributed by atoms with Gasteiger partial charge in [0.05, 0.1) is 0 Å². The standard InChI is InChI=1S/C22H25N.C16H18.C10H17N.C8H10.C5H10.2C2H6/c1-6-10-16(7-2)23(5)17-13-14-19-18-11-8-9-12-20(18)22(3,4)21(19)15-17;1-16(2)14-10-5-3-4-8-12(14)13-9-6-7-11-15(13)16;1-5-8-10(7-3)11(4)9-6-2;1-3-5-7-8-6-4-2;1-3-5-4-2;2*1-2/h6-15H,1-5H3;4-5,7-8,10-11H,3,6,9H2,1-2H3;5-8H,2,9H2,1,3-4H3;3-6,8H,1H2,2H3;3,5H,4H2,1-2H3;2*1-2H3/b10-6-,16-7+;;8-5-,10-7+;6-4-;5-3+;;. The van der Waals surface area contributed by atoms with Crippen molar-refractivity contribution in [3.05, 3.63) is 228 Å². The number of allylic oxidation sites excluding steroid dienone is 22. The lowest BCUT2D eigenvalue weighted by atomic mass is 9.78. The summed E-state index contributed by atoms with van der Waals surface area (Å²) in [6, 6.07) is 15.6. The summed E-state index contributed by atoms with van der Waals surface area (Å²) >= 11 is 0. The van der Waals surface area contributed by atoms with E-state index in [1.54, 1.807) is 23.3 Å². The highest BCUT2D eigenvalue weighted by molar-refractivity contribution is 5.82. The Labute approximate surface area is 413 Å². The minimum Gasteiger partial charge on any atom is -0.371 e. The number of nitrogens with zero attached hydrogens (tertiary/aromatic N) is 2. The molecule has 0 radical (unpaired) electrons. The van der Waals surface area contributed by atoms with Gasteiger partial charge in [0.25, 0.3) is 0 Å². The van der Waals surface area contributed by atoms with Gasteiger partial charge in [-0.3, -0.25) is 0 Å². The second-order valence-corrected chi connectivity index (χ2v) is 16.6. The molecule has 67 heavy (non-hydrogen) atoms. The maximum atomic E-state index is 3.68. The molecule has 0 N–H and O–H groups in total. The van der Waals surface area contributed by atoms with Crippen molar-refractivity contribution in [1.29, 1.82) is 0 Å². The van der Waals surface area contributed by atoms with Gasteiger partial charge in [0, 0.05) is 48.6 Å². The molecule has 6 rings (SSSR count). The van der Waals surface area contributed by atoms with E-state index in [0.717, 1.165) is 19.4 Å². The van der Waals surface area contributed by atoms with E-state index in [2.05, 4.69) is 213 Å². The highest BCUT2D eigenvalue weighted by Crippen LogP contribution is 2.52. The smallest absolute Gasteiger partial charge is 0.0411 e. The molecule has 2 heteroatoms. The fraction of sp³-hybridized carbons (Fsp3) is 0.369. The lowest BCUT2D eigenvalue weighted by Gasteiger charge is -2.25. The molecule has 2 aromatic rings. The second-order valence-electron chi connectivity index (χ2n) is 16.6. The number of likely N-dealkylation sites (N-methyl/N-ethyl adjacent to an activating group) is 2. The highest BCUT2D eigenvalue weighted by Gasteiger charge is 2.37. The third kappa shape index (κ3) is 18.4. The SMILES string of the molecule is C/C=C/CC.C/C=C\C(=C/C)N(C)c1ccc2c(c1)C(C)(C)c1ccccc1-2.C=CC=C=C/C=C\C.C=CCN(C)C(/C=C\C)=C/C.CC.CC.CC1(C)C2=C(C=CCC=C2)C2=C1C=CCC2. The Kier molecular flexibility index (Phi) is 31.5. The summed E-state index contributed by atoms with van der Waals surface area (Å²) in [4.78, 5) is 4.40. The van der Waals surface area contributed by atoms with E-state index in [1.807, 2.05) is 85.8 Å². The molecule has 0 fully saturated rings. The first-order chi connectivity index (χ1) is 32.3. The van der Waals surface area contributed by atoms with E-state index >= 15 is 0 Å². The zero-order chi connectivity index (χ0) is 50.8. The molecule has 4 aliphatic carbocycles. The molecule has 4 aliphatic rings. The van der Waals surface area contributed by atoms with Gasteiger partial charge in [-0.1, -0.05) is 196 Å². The Balaban J connectivity index is 0.000000867. The van der Waals surface area contributed by atoms with Crippen molar-refractivity contribution in [1.82, 2.24) is 4.90 Å². The second kappa shape index (κ2) is 34.5. The molecule has 0 saturated heterocycles. The minimum absolute atomic E-state index is 0.0550. The van der Waals surface area contributed by atoms with Gasteiger partial charge in [0.15, 0.2) is 0 Å². The summed E-state index contributed by atoms with van der Waals surface area (Å²) in [5.74, 6) is 0. The Morgan fingerprint density at radius 3 is 1.87 bits per heavy atom. The number of anilines is 1. The largest absolute Gasteiger partial charge is 0.371 e. The number of rotatable bonds is 10. The summed E-state index contributed by atoms with van der Waals surface area (Å²) in [5, 5.41) is 0. The zero-order valence-corrected chi connectivity index (χ0v) is 45.4. The molecule has 0 atom stereocenters. The third-order valence-corrected chi connectivity index (χ3v) is 11.5. The van der Waals surface area contributed by atoms with Gasteiger partial charge in [-0.2, -0.15) is 0 Å². The van der Waals surface area contributed by atoms with E-state index in [0.29, 0.717) is 0 Å². The lowest BCUT2D eigenvalue weighted by Crippen LogP contribution is -2.18. The number of benzene rings is 2. The maximum absolute atomic E-state index is 3.68. The van der Waals surface area contributed by atoms with Gasteiger partial charge in [-0.25, -0.2) is 0 Å². The van der Waals surface area contributed by atoms with Gasteiger partial charge in [0.2, 0.25) is 0 Å². The van der Waals surface area contributed by atoms with Crippen LogP contribution in [0.25, 0.3) is 11.1 Å². The van der Waals surface area contributed by atoms with Crippen LogP contribution < -0.4 is 4.90 Å². The van der Waals surface area contributed by atoms with E-state index in [1.165, 1.54) is 63.3 Å². The van der Waals surface area contributed by atoms with Crippen molar-refractivity contribution in [3.63, 3.8) is 0 Å². The molecule has 0 unspecified atom stereocenters. The zero-order valence-electron chi connectivity index (χ0n) is 45.4. The number of hydrogen-bond donors (Lipinski definition) is 0. The summed E-state index contributed by atoms with van der Waals surface area (Å²) in [7, 11) is 4.18. The van der Waals surface area contributed by atoms with Crippen molar-refractivity contribution in [2.75, 3.05) is 25.5 Å². The van der Waals surface area contributed by atoms with Crippen LogP contribution in [0.4, 0.5) is 5.69 Å². The van der Waals surface area contributed by atoms with Crippen molar-refractivity contribution in [2.24, 2.45) is 5.41 Å². The maximum Gasteiger partial charge on any atom is 0.0411 e. The van der Waals surface area contributed by atoms with Gasteiger partial charge < -0.3 is 9.80 Å². The van der Waals surface area contributed by atoms with Crippen LogP contribution in [-0.2, 0) is 5.41 Å². The van der Waals surface area contributed by atoms with Crippen LogP contribution in [0.15, 0.2) is 217 Å². The summed E-state index contributed by atoms with van der Waals surface area (Å²) < 4.78 is 0. The van der Waals surface area contributed by atoms with Gasteiger partial charge in [-0.15, -0.1) is 12.3 Å². The van der Waals surface area contributed by atoms with Gasteiger partial charge in [0.1, 0.15) is 0 Å². The quantitative estimate of drug-likeness (QED) is 0.133. The van der Waals surface area contributed by atoms with E-state index in [4.69, 9.17) is 0 Å². The predicted octanol–water partition coefficient (Wildman–Crippen LogP) is 19.5. The lowest BCUT2D eigenvalue weighted by molar-refractivity contribution is 0.479. The van der Waals surface area contributed by atoms with Crippen molar-refractivity contribution < 1.29 is 0 Å². The molecule has 362 valence electrons. The van der Waals surface area contributed by atoms with Gasteiger partial charge >= 0.3 is 0 Å². The topological polar surface area (TPSA) is 6.48 Å². The monoisotopic (exact) mass is 901 g/mol. The van der Waals surface area contributed by atoms with Crippen LogP contribution in [0.1, 0.15) is 141 Å². The van der Waals surface area contributed by atoms with Crippen LogP contribution >= 0.6 is 0 Å². The Morgan fingerprint density at radius 1 is 0.687 bits per heavy atom. The normalized spacial score (nSPS) is 15.4. The molecule has 0 aliphatic heterocycles. The van der Waals surface area contributed by atoms with Crippen molar-refractivity contribution >= 4 is 5.69 Å². The van der Waals surface area contributed by atoms with Crippen LogP contribution in [0, 0.1) is 5.41 Å². The first-order valence-electron chi connectivity index (χ1n) is 24.9. The van der Waals surface area contributed by atoms with E-state index < -0.39 is 0 Å². The Hall–Kier alpha value is -5.82. The molecule has 2 nitrogen and oxygen atoms in total. The molecule has 0 heterocycles. The highest BCUT2D eigenvalue weighted by atomic mass is 15.1. The van der Waals surface area contributed by atoms with Gasteiger partial charge in [-0.05, 0) is 148 Å². The molecule has 0 amide bonds. The fourth-order valence-electron chi connectivity index (χ4n) is 8.16. The van der Waals surface area contributed by atoms with Crippen LogP contribution in [0.5, 0.6) is 0 Å². The molecule has 2 aromatic carbocycles. The fourth-order valence-corrected chi connectivity index (χ4v) is 8.16. The Morgan fingerprint density at radius 2 is 1.30 bits per heavy atom. The Bertz CT molecular complexity index is 2220. The molecule has 0 saturated carbocycles.